The molecule has 1 aliphatic carbocycles. The Kier molecular flexibility index (Phi) is 11.2. The van der Waals surface area contributed by atoms with Crippen molar-refractivity contribution in [3.63, 3.8) is 0 Å². The maximum atomic E-state index is 13.0. The number of rotatable bonds is 13. The standard InChI is InChI=1S/C36H41N5O4S2/c1-25(2)20-21-41(3)32-19-18-26(23-31(32)37-24-29-12-9-10-17-33(29)46-4)34-38-36(45-39-34)28-14-11-13-27(22-28)35(42)40-47(43,44)30-15-7-5-6-8-16-30/h7,9-19,22-23,25,37H,5-6,8,20-21,24H2,1-4H3,(H,40,42). The summed E-state index contributed by atoms with van der Waals surface area (Å²) >= 11 is 1.72. The lowest BCUT2D eigenvalue weighted by atomic mass is 10.1. The van der Waals surface area contributed by atoms with Crippen molar-refractivity contribution in [3.05, 3.63) is 101 Å². The summed E-state index contributed by atoms with van der Waals surface area (Å²) in [5.41, 5.74) is 4.67. The van der Waals surface area contributed by atoms with Gasteiger partial charge in [0.25, 0.3) is 21.8 Å². The zero-order chi connectivity index (χ0) is 33.4. The molecular formula is C36H41N5O4S2. The van der Waals surface area contributed by atoms with Crippen molar-refractivity contribution in [2.24, 2.45) is 5.92 Å². The molecule has 2 N–H and O–H groups in total. The molecule has 1 amide bonds. The van der Waals surface area contributed by atoms with E-state index in [-0.39, 0.29) is 16.4 Å². The number of aromatic nitrogens is 2. The van der Waals surface area contributed by atoms with E-state index in [9.17, 15) is 13.2 Å². The van der Waals surface area contributed by atoms with Gasteiger partial charge >= 0.3 is 0 Å². The fourth-order valence-corrected chi connectivity index (χ4v) is 6.91. The Bertz CT molecular complexity index is 1880. The van der Waals surface area contributed by atoms with Crippen molar-refractivity contribution in [3.8, 4) is 22.8 Å². The highest BCUT2D eigenvalue weighted by molar-refractivity contribution is 7.98. The van der Waals surface area contributed by atoms with Crippen LogP contribution in [-0.4, -0.2) is 44.3 Å². The third-order valence-corrected chi connectivity index (χ3v) is 10.1. The predicted molar refractivity (Wildman–Crippen MR) is 191 cm³/mol. The molecule has 0 radical (unpaired) electrons. The Morgan fingerprint density at radius 2 is 1.87 bits per heavy atom. The van der Waals surface area contributed by atoms with Gasteiger partial charge in [0.05, 0.1) is 16.3 Å². The molecule has 9 nitrogen and oxygen atoms in total. The van der Waals surface area contributed by atoms with Gasteiger partial charge < -0.3 is 14.7 Å². The number of allylic oxidation sites excluding steroid dienone is 3. The Labute approximate surface area is 281 Å². The molecule has 0 fully saturated rings. The summed E-state index contributed by atoms with van der Waals surface area (Å²) in [6, 6.07) is 20.9. The van der Waals surface area contributed by atoms with Crippen molar-refractivity contribution in [2.75, 3.05) is 30.1 Å². The fraction of sp³-hybridized carbons (Fsp3) is 0.306. The van der Waals surface area contributed by atoms with Gasteiger partial charge in [-0.1, -0.05) is 55.4 Å². The van der Waals surface area contributed by atoms with Crippen LogP contribution < -0.4 is 14.9 Å². The molecule has 0 saturated heterocycles. The number of nitrogens with zero attached hydrogens (tertiary/aromatic N) is 3. The Hall–Kier alpha value is -4.35. The van der Waals surface area contributed by atoms with E-state index in [1.165, 1.54) is 10.5 Å². The molecule has 1 aromatic heterocycles. The molecule has 11 heteroatoms. The van der Waals surface area contributed by atoms with Crippen molar-refractivity contribution in [1.29, 1.82) is 0 Å². The van der Waals surface area contributed by atoms with Gasteiger partial charge in [-0.2, -0.15) is 4.98 Å². The minimum absolute atomic E-state index is 0.0977. The normalized spacial score (nSPS) is 13.3. The first-order valence-corrected chi connectivity index (χ1v) is 18.4. The van der Waals surface area contributed by atoms with Crippen LogP contribution in [0.15, 0.2) is 99.3 Å². The second-order valence-corrected chi connectivity index (χ2v) is 14.4. The first-order chi connectivity index (χ1) is 22.6. The number of nitrogens with one attached hydrogen (secondary N) is 2. The first kappa shape index (κ1) is 34.0. The predicted octanol–water partition coefficient (Wildman–Crippen LogP) is 7.90. The van der Waals surface area contributed by atoms with Crippen LogP contribution in [0.3, 0.4) is 0 Å². The molecule has 0 bridgehead atoms. The van der Waals surface area contributed by atoms with Gasteiger partial charge in [0, 0.05) is 41.7 Å². The molecule has 1 heterocycles. The van der Waals surface area contributed by atoms with Gasteiger partial charge in [-0.15, -0.1) is 11.8 Å². The topological polar surface area (TPSA) is 117 Å². The van der Waals surface area contributed by atoms with Crippen LogP contribution in [0.2, 0.25) is 0 Å². The molecule has 5 rings (SSSR count). The quantitative estimate of drug-likeness (QED) is 0.137. The number of carbonyl (C=O) groups excluding carboxylic acids is 1. The van der Waals surface area contributed by atoms with Gasteiger partial charge in [0.1, 0.15) is 0 Å². The second kappa shape index (κ2) is 15.5. The molecule has 3 aromatic carbocycles. The fourth-order valence-electron chi connectivity index (χ4n) is 5.20. The molecular weight excluding hydrogens is 631 g/mol. The summed E-state index contributed by atoms with van der Waals surface area (Å²) in [5.74, 6) is 0.465. The maximum absolute atomic E-state index is 13.0. The van der Waals surface area contributed by atoms with E-state index in [0.717, 1.165) is 42.7 Å². The third-order valence-electron chi connectivity index (χ3n) is 7.91. The van der Waals surface area contributed by atoms with Gasteiger partial charge in [-0.05, 0) is 92.0 Å². The summed E-state index contributed by atoms with van der Waals surface area (Å²) in [7, 11) is -1.90. The highest BCUT2D eigenvalue weighted by Crippen LogP contribution is 2.33. The average Bonchev–Trinajstić information content (AvgIpc) is 3.40. The van der Waals surface area contributed by atoms with E-state index in [0.29, 0.717) is 30.3 Å². The number of amides is 1. The summed E-state index contributed by atoms with van der Waals surface area (Å²) in [6.45, 7) is 6.02. The molecule has 0 spiro atoms. The third kappa shape index (κ3) is 8.72. The average molecular weight is 672 g/mol. The Balaban J connectivity index is 1.38. The minimum Gasteiger partial charge on any atom is -0.379 e. The highest BCUT2D eigenvalue weighted by atomic mass is 32.2. The van der Waals surface area contributed by atoms with Gasteiger partial charge in [-0.25, -0.2) is 13.1 Å². The van der Waals surface area contributed by atoms with Gasteiger partial charge in [0.15, 0.2) is 0 Å². The van der Waals surface area contributed by atoms with Crippen LogP contribution in [0.25, 0.3) is 22.8 Å². The number of carbonyl (C=O) groups is 1. The summed E-state index contributed by atoms with van der Waals surface area (Å²) in [5, 5.41) is 7.89. The van der Waals surface area contributed by atoms with Crippen LogP contribution >= 0.6 is 11.8 Å². The highest BCUT2D eigenvalue weighted by Gasteiger charge is 2.21. The summed E-state index contributed by atoms with van der Waals surface area (Å²) < 4.78 is 33.5. The van der Waals surface area contributed by atoms with Crippen LogP contribution in [0.1, 0.15) is 55.5 Å². The first-order valence-electron chi connectivity index (χ1n) is 15.7. The lowest BCUT2D eigenvalue weighted by Gasteiger charge is -2.24. The smallest absolute Gasteiger partial charge is 0.265 e. The largest absolute Gasteiger partial charge is 0.379 e. The number of hydrogen-bond donors (Lipinski definition) is 2. The van der Waals surface area contributed by atoms with E-state index in [4.69, 9.17) is 4.52 Å². The molecule has 246 valence electrons. The SMILES string of the molecule is CSc1ccccc1CNc1cc(-c2noc(-c3cccc(C(=O)NS(=O)(=O)C4=CCCCC=C4)c3)n2)ccc1N(C)CCC(C)C. The van der Waals surface area contributed by atoms with Crippen molar-refractivity contribution >= 4 is 39.1 Å². The Morgan fingerprint density at radius 3 is 2.68 bits per heavy atom. The number of thioether (sulfide) groups is 1. The molecule has 1 aliphatic rings. The number of benzene rings is 3. The molecule has 0 aliphatic heterocycles. The van der Waals surface area contributed by atoms with Crippen LogP contribution in [0, 0.1) is 5.92 Å². The van der Waals surface area contributed by atoms with Crippen molar-refractivity contribution in [1.82, 2.24) is 14.9 Å². The Morgan fingerprint density at radius 1 is 1.04 bits per heavy atom. The summed E-state index contributed by atoms with van der Waals surface area (Å²) in [6.07, 6.45) is 10.4. The van der Waals surface area contributed by atoms with Crippen LogP contribution in [0.5, 0.6) is 0 Å². The molecule has 0 unspecified atom stereocenters. The molecule has 4 aromatic rings. The van der Waals surface area contributed by atoms with Crippen molar-refractivity contribution in [2.45, 2.75) is 51.0 Å². The van der Waals surface area contributed by atoms with Gasteiger partial charge in [0.2, 0.25) is 5.82 Å². The van der Waals surface area contributed by atoms with Crippen LogP contribution in [-0.2, 0) is 16.6 Å². The lowest BCUT2D eigenvalue weighted by Crippen LogP contribution is -2.31. The molecule has 0 saturated carbocycles. The van der Waals surface area contributed by atoms with Crippen molar-refractivity contribution < 1.29 is 17.7 Å². The second-order valence-electron chi connectivity index (χ2n) is 11.9. The van der Waals surface area contributed by atoms with E-state index >= 15 is 0 Å². The van der Waals surface area contributed by atoms with E-state index in [1.54, 1.807) is 54.3 Å². The van der Waals surface area contributed by atoms with Gasteiger partial charge in [-0.3, -0.25) is 4.79 Å². The number of hydrogen-bond acceptors (Lipinski definition) is 9. The lowest BCUT2D eigenvalue weighted by molar-refractivity contribution is 0.0981. The number of anilines is 2. The molecule has 0 atom stereocenters. The zero-order valence-corrected chi connectivity index (χ0v) is 28.8. The zero-order valence-electron chi connectivity index (χ0n) is 27.2. The van der Waals surface area contributed by atoms with E-state index in [1.807, 2.05) is 24.3 Å². The summed E-state index contributed by atoms with van der Waals surface area (Å²) in [4.78, 5) is 21.2. The minimum atomic E-state index is -4.00. The van der Waals surface area contributed by atoms with E-state index < -0.39 is 15.9 Å². The molecule has 47 heavy (non-hydrogen) atoms. The van der Waals surface area contributed by atoms with Crippen LogP contribution in [0.4, 0.5) is 11.4 Å². The van der Waals surface area contributed by atoms with E-state index in [2.05, 4.69) is 70.4 Å². The maximum Gasteiger partial charge on any atom is 0.265 e. The number of sulfonamides is 1. The monoisotopic (exact) mass is 671 g/mol.